The van der Waals surface area contributed by atoms with Crippen LogP contribution < -0.4 is 10.1 Å². The molecule has 1 aromatic rings. The van der Waals surface area contributed by atoms with Crippen molar-refractivity contribution >= 4 is 11.6 Å². The summed E-state index contributed by atoms with van der Waals surface area (Å²) in [5, 5.41) is 4.04. The number of benzene rings is 1. The second kappa shape index (κ2) is 6.41. The molecule has 0 spiro atoms. The van der Waals surface area contributed by atoms with Crippen molar-refractivity contribution in [2.24, 2.45) is 0 Å². The maximum Gasteiger partial charge on any atom is 0.120 e. The van der Waals surface area contributed by atoms with E-state index in [4.69, 9.17) is 21.1 Å². The van der Waals surface area contributed by atoms with Gasteiger partial charge in [0.1, 0.15) is 5.75 Å². The molecule has 1 aliphatic heterocycles. The van der Waals surface area contributed by atoms with E-state index in [1.807, 2.05) is 18.2 Å². The number of rotatable bonds is 4. The van der Waals surface area contributed by atoms with Crippen molar-refractivity contribution < 1.29 is 9.47 Å². The van der Waals surface area contributed by atoms with E-state index in [2.05, 4.69) is 12.2 Å². The van der Waals surface area contributed by atoms with Crippen molar-refractivity contribution in [3.8, 4) is 5.75 Å². The van der Waals surface area contributed by atoms with Crippen molar-refractivity contribution in [1.82, 2.24) is 5.32 Å². The lowest BCUT2D eigenvalue weighted by molar-refractivity contribution is -0.0186. The van der Waals surface area contributed by atoms with E-state index in [0.717, 1.165) is 37.2 Å². The molecule has 18 heavy (non-hydrogen) atoms. The Morgan fingerprint density at radius 3 is 2.67 bits per heavy atom. The van der Waals surface area contributed by atoms with Gasteiger partial charge in [-0.3, -0.25) is 0 Å². The fraction of sp³-hybridized carbons (Fsp3) is 0.571. The molecule has 1 saturated heterocycles. The second-order valence-corrected chi connectivity index (χ2v) is 5.02. The van der Waals surface area contributed by atoms with Crippen LogP contribution in [0.4, 0.5) is 0 Å². The summed E-state index contributed by atoms with van der Waals surface area (Å²) in [4.78, 5) is 0. The summed E-state index contributed by atoms with van der Waals surface area (Å²) in [6, 6.07) is 5.73. The summed E-state index contributed by atoms with van der Waals surface area (Å²) in [6.07, 6.45) is 2.49. The minimum atomic E-state index is 0.0199. The Labute approximate surface area is 113 Å². The van der Waals surface area contributed by atoms with Gasteiger partial charge in [0.25, 0.3) is 0 Å². The van der Waals surface area contributed by atoms with Gasteiger partial charge in [-0.15, -0.1) is 0 Å². The molecule has 0 amide bonds. The summed E-state index contributed by atoms with van der Waals surface area (Å²) in [7, 11) is 1.64. The van der Waals surface area contributed by atoms with Gasteiger partial charge in [-0.25, -0.2) is 0 Å². The van der Waals surface area contributed by atoms with E-state index >= 15 is 0 Å². The predicted molar refractivity (Wildman–Crippen MR) is 73.4 cm³/mol. The van der Waals surface area contributed by atoms with Gasteiger partial charge in [-0.1, -0.05) is 17.7 Å². The van der Waals surface area contributed by atoms with Crippen molar-refractivity contribution in [2.45, 2.75) is 32.0 Å². The Kier molecular flexibility index (Phi) is 4.87. The monoisotopic (exact) mass is 269 g/mol. The van der Waals surface area contributed by atoms with Gasteiger partial charge in [-0.05, 0) is 50.6 Å². The van der Waals surface area contributed by atoms with Crippen LogP contribution in [0.25, 0.3) is 0 Å². The molecular weight excluding hydrogens is 250 g/mol. The van der Waals surface area contributed by atoms with Gasteiger partial charge in [0.2, 0.25) is 0 Å². The smallest absolute Gasteiger partial charge is 0.120 e. The fourth-order valence-corrected chi connectivity index (χ4v) is 2.58. The van der Waals surface area contributed by atoms with Crippen molar-refractivity contribution in [1.29, 1.82) is 0 Å². The topological polar surface area (TPSA) is 30.5 Å². The molecule has 4 heteroatoms. The standard InChI is InChI=1S/C14H20ClNO2/c1-10(18-11-5-7-16-8-6-11)13-4-3-12(17-2)9-14(13)15/h3-4,9-11,16H,5-8H2,1-2H3. The van der Waals surface area contributed by atoms with Gasteiger partial charge in [0, 0.05) is 0 Å². The first-order chi connectivity index (χ1) is 8.70. The molecule has 0 bridgehead atoms. The lowest BCUT2D eigenvalue weighted by atomic mass is 10.1. The van der Waals surface area contributed by atoms with Crippen molar-refractivity contribution in [3.05, 3.63) is 28.8 Å². The normalized spacial score (nSPS) is 18.6. The van der Waals surface area contributed by atoms with Crippen molar-refractivity contribution in [3.63, 3.8) is 0 Å². The highest BCUT2D eigenvalue weighted by Crippen LogP contribution is 2.30. The van der Waals surface area contributed by atoms with E-state index < -0.39 is 0 Å². The Bertz CT molecular complexity index is 391. The molecule has 1 unspecified atom stereocenters. The van der Waals surface area contributed by atoms with Crippen LogP contribution in [0, 0.1) is 0 Å². The largest absolute Gasteiger partial charge is 0.497 e. The minimum Gasteiger partial charge on any atom is -0.497 e. The Balaban J connectivity index is 2.01. The van der Waals surface area contributed by atoms with E-state index in [0.29, 0.717) is 11.1 Å². The highest BCUT2D eigenvalue weighted by atomic mass is 35.5. The molecule has 1 heterocycles. The molecule has 3 nitrogen and oxygen atoms in total. The zero-order valence-corrected chi connectivity index (χ0v) is 11.7. The lowest BCUT2D eigenvalue weighted by Gasteiger charge is -2.27. The number of nitrogens with one attached hydrogen (secondary N) is 1. The number of halogens is 1. The first-order valence-electron chi connectivity index (χ1n) is 6.40. The minimum absolute atomic E-state index is 0.0199. The number of hydrogen-bond acceptors (Lipinski definition) is 3. The molecule has 0 saturated carbocycles. The first kappa shape index (κ1) is 13.7. The van der Waals surface area contributed by atoms with Crippen LogP contribution in [-0.2, 0) is 4.74 Å². The molecule has 100 valence electrons. The molecule has 1 aromatic carbocycles. The summed E-state index contributed by atoms with van der Waals surface area (Å²) >= 11 is 6.25. The van der Waals surface area contributed by atoms with Gasteiger partial charge < -0.3 is 14.8 Å². The molecule has 0 aliphatic carbocycles. The Morgan fingerprint density at radius 2 is 2.06 bits per heavy atom. The van der Waals surface area contributed by atoms with Crippen LogP contribution in [0.3, 0.4) is 0 Å². The van der Waals surface area contributed by atoms with E-state index in [9.17, 15) is 0 Å². The summed E-state index contributed by atoms with van der Waals surface area (Å²) in [5.74, 6) is 0.776. The van der Waals surface area contributed by atoms with Crippen LogP contribution in [0.2, 0.25) is 5.02 Å². The van der Waals surface area contributed by atoms with Crippen LogP contribution in [-0.4, -0.2) is 26.3 Å². The third kappa shape index (κ3) is 3.37. The second-order valence-electron chi connectivity index (χ2n) is 4.62. The average Bonchev–Trinajstić information content (AvgIpc) is 2.39. The number of ether oxygens (including phenoxy) is 2. The van der Waals surface area contributed by atoms with Crippen LogP contribution in [0.1, 0.15) is 31.4 Å². The van der Waals surface area contributed by atoms with Crippen LogP contribution in [0.15, 0.2) is 18.2 Å². The average molecular weight is 270 g/mol. The van der Waals surface area contributed by atoms with Gasteiger partial charge in [0.05, 0.1) is 24.3 Å². The predicted octanol–water partition coefficient (Wildman–Crippen LogP) is 3.18. The molecule has 0 aromatic heterocycles. The molecule has 1 N–H and O–H groups in total. The van der Waals surface area contributed by atoms with E-state index in [1.54, 1.807) is 7.11 Å². The molecule has 0 radical (unpaired) electrons. The quantitative estimate of drug-likeness (QED) is 0.911. The number of hydrogen-bond donors (Lipinski definition) is 1. The molecule has 1 atom stereocenters. The number of methoxy groups -OCH3 is 1. The van der Waals surface area contributed by atoms with Crippen molar-refractivity contribution in [2.75, 3.05) is 20.2 Å². The van der Waals surface area contributed by atoms with Crippen LogP contribution in [0.5, 0.6) is 5.75 Å². The maximum atomic E-state index is 6.25. The molecule has 1 fully saturated rings. The van der Waals surface area contributed by atoms with Gasteiger partial charge in [-0.2, -0.15) is 0 Å². The summed E-state index contributed by atoms with van der Waals surface area (Å²) < 4.78 is 11.2. The lowest BCUT2D eigenvalue weighted by Crippen LogP contribution is -2.33. The van der Waals surface area contributed by atoms with E-state index in [-0.39, 0.29) is 6.10 Å². The number of piperidine rings is 1. The third-order valence-corrected chi connectivity index (χ3v) is 3.66. The van der Waals surface area contributed by atoms with Gasteiger partial charge in [0.15, 0.2) is 0 Å². The Hall–Kier alpha value is -0.770. The van der Waals surface area contributed by atoms with Gasteiger partial charge >= 0.3 is 0 Å². The highest BCUT2D eigenvalue weighted by Gasteiger charge is 2.19. The highest BCUT2D eigenvalue weighted by molar-refractivity contribution is 6.31. The molecule has 2 rings (SSSR count). The maximum absolute atomic E-state index is 6.25. The van der Waals surface area contributed by atoms with E-state index in [1.165, 1.54) is 0 Å². The first-order valence-corrected chi connectivity index (χ1v) is 6.78. The molecule has 1 aliphatic rings. The SMILES string of the molecule is COc1ccc(C(C)OC2CCNCC2)c(Cl)c1. The zero-order chi connectivity index (χ0) is 13.0. The molecular formula is C14H20ClNO2. The zero-order valence-electron chi connectivity index (χ0n) is 10.9. The fourth-order valence-electron chi connectivity index (χ4n) is 2.26. The summed E-state index contributed by atoms with van der Waals surface area (Å²) in [5.41, 5.74) is 1.02. The Morgan fingerprint density at radius 1 is 1.33 bits per heavy atom. The third-order valence-electron chi connectivity index (χ3n) is 3.33. The summed E-state index contributed by atoms with van der Waals surface area (Å²) in [6.45, 7) is 4.12. The van der Waals surface area contributed by atoms with Crippen LogP contribution >= 0.6 is 11.6 Å².